The van der Waals surface area contributed by atoms with E-state index in [2.05, 4.69) is 44.3 Å². The standard InChI is InChI=1S/C30H44N8O3S/c1-5-37(6-2)18-17-32-27(40)10-8-9-22-11-14-24(15-12-22)36-42-30(38(7-3)21(4)39)28(31)29(41)34-25-16-13-23-20-33-35-26(23)19-25/h11-16,19-20,28,30,36H,5-10,17-18,31H2,1-4H3,(H,32,40)(H,33,35)(H,34,41)/t28-,30?/m1/s1. The molecule has 228 valence electrons. The van der Waals surface area contributed by atoms with Gasteiger partial charge < -0.3 is 30.9 Å². The number of nitrogens with one attached hydrogen (secondary N) is 4. The molecule has 0 saturated carbocycles. The number of H-pyrrole nitrogens is 1. The lowest BCUT2D eigenvalue weighted by Crippen LogP contribution is -2.53. The zero-order chi connectivity index (χ0) is 30.5. The number of hydrogen-bond donors (Lipinski definition) is 5. The molecule has 3 aromatic rings. The van der Waals surface area contributed by atoms with Gasteiger partial charge in [0.05, 0.1) is 11.7 Å². The van der Waals surface area contributed by atoms with Gasteiger partial charge in [-0.1, -0.05) is 26.0 Å². The summed E-state index contributed by atoms with van der Waals surface area (Å²) in [6.45, 7) is 11.5. The summed E-state index contributed by atoms with van der Waals surface area (Å²) in [6.07, 6.45) is 3.76. The Labute approximate surface area is 252 Å². The van der Waals surface area contributed by atoms with Gasteiger partial charge in [-0.2, -0.15) is 5.10 Å². The minimum atomic E-state index is -0.999. The average Bonchev–Trinajstić information content (AvgIpc) is 3.45. The van der Waals surface area contributed by atoms with E-state index in [4.69, 9.17) is 5.73 Å². The second-order valence-electron chi connectivity index (χ2n) is 10.0. The molecule has 3 amide bonds. The Balaban J connectivity index is 1.52. The quantitative estimate of drug-likeness (QED) is 0.117. The predicted octanol–water partition coefficient (Wildman–Crippen LogP) is 3.56. The molecule has 0 spiro atoms. The summed E-state index contributed by atoms with van der Waals surface area (Å²) in [5.74, 6) is -0.497. The molecule has 11 nitrogen and oxygen atoms in total. The lowest BCUT2D eigenvalue weighted by molar-refractivity contribution is -0.130. The molecule has 0 aliphatic carbocycles. The van der Waals surface area contributed by atoms with E-state index in [0.717, 1.165) is 54.6 Å². The summed E-state index contributed by atoms with van der Waals surface area (Å²) in [4.78, 5) is 41.5. The third-order valence-corrected chi connectivity index (χ3v) is 8.28. The van der Waals surface area contributed by atoms with Gasteiger partial charge in [-0.15, -0.1) is 0 Å². The van der Waals surface area contributed by atoms with Gasteiger partial charge >= 0.3 is 0 Å². The number of carbonyl (C=O) groups excluding carboxylic acids is 3. The molecular weight excluding hydrogens is 552 g/mol. The highest BCUT2D eigenvalue weighted by Crippen LogP contribution is 2.24. The van der Waals surface area contributed by atoms with Crippen molar-refractivity contribution in [2.24, 2.45) is 5.73 Å². The SMILES string of the molecule is CCN(CC)CCNC(=O)CCCc1ccc(NSC([C@H](N)C(=O)Nc2ccc3cn[nH]c3c2)N(CC)C(C)=O)cc1. The van der Waals surface area contributed by atoms with Gasteiger partial charge in [0.15, 0.2) is 0 Å². The number of benzene rings is 2. The largest absolute Gasteiger partial charge is 0.355 e. The maximum Gasteiger partial charge on any atom is 0.244 e. The van der Waals surface area contributed by atoms with E-state index in [9.17, 15) is 14.4 Å². The molecule has 2 atom stereocenters. The van der Waals surface area contributed by atoms with Crippen LogP contribution >= 0.6 is 11.9 Å². The Morgan fingerprint density at radius 2 is 1.74 bits per heavy atom. The fraction of sp³-hybridized carbons (Fsp3) is 0.467. The highest BCUT2D eigenvalue weighted by molar-refractivity contribution is 8.01. The van der Waals surface area contributed by atoms with Crippen molar-refractivity contribution in [1.29, 1.82) is 0 Å². The third kappa shape index (κ3) is 9.74. The Morgan fingerprint density at radius 1 is 1.02 bits per heavy atom. The number of nitrogens with zero attached hydrogens (tertiary/aromatic N) is 3. The molecule has 6 N–H and O–H groups in total. The van der Waals surface area contributed by atoms with Crippen molar-refractivity contribution in [3.63, 3.8) is 0 Å². The van der Waals surface area contributed by atoms with Crippen molar-refractivity contribution < 1.29 is 14.4 Å². The normalized spacial score (nSPS) is 12.6. The zero-order valence-corrected chi connectivity index (χ0v) is 25.8. The third-order valence-electron chi connectivity index (χ3n) is 7.14. The topological polar surface area (TPSA) is 148 Å². The van der Waals surface area contributed by atoms with Crippen molar-refractivity contribution in [3.8, 4) is 0 Å². The van der Waals surface area contributed by atoms with Crippen LogP contribution in [0.15, 0.2) is 48.7 Å². The summed E-state index contributed by atoms with van der Waals surface area (Å²) in [6, 6.07) is 12.3. The van der Waals surface area contributed by atoms with E-state index in [1.165, 1.54) is 18.9 Å². The second kappa shape index (κ2) is 16.7. The number of hydrogen-bond acceptors (Lipinski definition) is 8. The number of rotatable bonds is 17. The van der Waals surface area contributed by atoms with E-state index in [1.54, 1.807) is 23.2 Å². The molecule has 0 fully saturated rings. The van der Waals surface area contributed by atoms with E-state index < -0.39 is 17.3 Å². The van der Waals surface area contributed by atoms with Crippen LogP contribution in [0.3, 0.4) is 0 Å². The van der Waals surface area contributed by atoms with Crippen LogP contribution in [0, 0.1) is 0 Å². The van der Waals surface area contributed by atoms with E-state index in [1.807, 2.05) is 37.3 Å². The number of carbonyl (C=O) groups is 3. The van der Waals surface area contributed by atoms with Crippen LogP contribution in [0.25, 0.3) is 10.9 Å². The molecule has 0 aliphatic heterocycles. The summed E-state index contributed by atoms with van der Waals surface area (Å²) in [5, 5.41) is 13.0. The van der Waals surface area contributed by atoms with Gasteiger partial charge in [0.2, 0.25) is 17.7 Å². The molecule has 0 bridgehead atoms. The minimum Gasteiger partial charge on any atom is -0.355 e. The summed E-state index contributed by atoms with van der Waals surface area (Å²) in [5.41, 5.74) is 9.75. The Kier molecular flexibility index (Phi) is 13.1. The lowest BCUT2D eigenvalue weighted by Gasteiger charge is -2.33. The molecule has 1 unspecified atom stereocenters. The molecule has 3 rings (SSSR count). The average molecular weight is 597 g/mol. The number of likely N-dealkylation sites (N-methyl/N-ethyl adjacent to an activating group) is 2. The molecule has 0 aliphatic rings. The fourth-order valence-electron chi connectivity index (χ4n) is 4.59. The van der Waals surface area contributed by atoms with Crippen molar-refractivity contribution >= 4 is 51.9 Å². The first-order chi connectivity index (χ1) is 20.2. The summed E-state index contributed by atoms with van der Waals surface area (Å²) < 4.78 is 3.26. The number of nitrogens with two attached hydrogens (primary N) is 1. The Morgan fingerprint density at radius 3 is 2.40 bits per heavy atom. The number of aromatic nitrogens is 2. The van der Waals surface area contributed by atoms with Crippen LogP contribution in [0.4, 0.5) is 11.4 Å². The zero-order valence-electron chi connectivity index (χ0n) is 25.0. The van der Waals surface area contributed by atoms with Gasteiger partial charge in [0, 0.05) is 49.7 Å². The summed E-state index contributed by atoms with van der Waals surface area (Å²) in [7, 11) is 0. The Hall–Kier alpha value is -3.61. The number of amides is 3. The van der Waals surface area contributed by atoms with Crippen LogP contribution in [0.2, 0.25) is 0 Å². The van der Waals surface area contributed by atoms with Gasteiger partial charge in [-0.3, -0.25) is 19.5 Å². The van der Waals surface area contributed by atoms with Crippen molar-refractivity contribution in [1.82, 2.24) is 25.3 Å². The molecule has 0 radical (unpaired) electrons. The molecule has 0 saturated heterocycles. The maximum atomic E-state index is 13.1. The lowest BCUT2D eigenvalue weighted by atomic mass is 10.1. The first kappa shape index (κ1) is 32.9. The first-order valence-corrected chi connectivity index (χ1v) is 15.4. The van der Waals surface area contributed by atoms with Crippen molar-refractivity contribution in [3.05, 3.63) is 54.2 Å². The van der Waals surface area contributed by atoms with Gasteiger partial charge in [-0.05, 0) is 80.7 Å². The molecule has 12 heteroatoms. The van der Waals surface area contributed by atoms with Crippen LogP contribution < -0.4 is 21.1 Å². The highest BCUT2D eigenvalue weighted by atomic mass is 32.2. The molecule has 1 heterocycles. The van der Waals surface area contributed by atoms with Crippen LogP contribution in [-0.4, -0.2) is 81.9 Å². The van der Waals surface area contributed by atoms with E-state index in [0.29, 0.717) is 25.2 Å². The number of aromatic amines is 1. The number of anilines is 2. The van der Waals surface area contributed by atoms with E-state index in [-0.39, 0.29) is 11.8 Å². The number of aryl methyl sites for hydroxylation is 1. The molecular formula is C30H44N8O3S. The predicted molar refractivity (Wildman–Crippen MR) is 171 cm³/mol. The van der Waals surface area contributed by atoms with Gasteiger partial charge in [0.25, 0.3) is 0 Å². The number of fused-ring (bicyclic) bond motifs is 1. The van der Waals surface area contributed by atoms with Gasteiger partial charge in [-0.25, -0.2) is 0 Å². The molecule has 2 aromatic carbocycles. The van der Waals surface area contributed by atoms with Crippen LogP contribution in [-0.2, 0) is 20.8 Å². The van der Waals surface area contributed by atoms with E-state index >= 15 is 0 Å². The van der Waals surface area contributed by atoms with Crippen molar-refractivity contribution in [2.75, 3.05) is 42.8 Å². The molecule has 1 aromatic heterocycles. The first-order valence-electron chi connectivity index (χ1n) is 14.5. The highest BCUT2D eigenvalue weighted by Gasteiger charge is 2.32. The van der Waals surface area contributed by atoms with Crippen LogP contribution in [0.1, 0.15) is 46.1 Å². The smallest absolute Gasteiger partial charge is 0.244 e. The molecule has 42 heavy (non-hydrogen) atoms. The minimum absolute atomic E-state index is 0.0797. The van der Waals surface area contributed by atoms with Crippen LogP contribution in [0.5, 0.6) is 0 Å². The fourth-order valence-corrected chi connectivity index (χ4v) is 5.67. The summed E-state index contributed by atoms with van der Waals surface area (Å²) >= 11 is 1.22. The Bertz CT molecular complexity index is 1300. The monoisotopic (exact) mass is 596 g/mol. The van der Waals surface area contributed by atoms with Gasteiger partial charge in [0.1, 0.15) is 11.4 Å². The maximum absolute atomic E-state index is 13.1. The van der Waals surface area contributed by atoms with Crippen molar-refractivity contribution in [2.45, 2.75) is 58.4 Å². The second-order valence-corrected chi connectivity index (χ2v) is 11.0.